The molecular formula is C14H30S. The quantitative estimate of drug-likeness (QED) is 0.553. The molecule has 0 heterocycles. The summed E-state index contributed by atoms with van der Waals surface area (Å²) in [4.78, 5) is 0. The fourth-order valence-corrected chi connectivity index (χ4v) is 2.58. The normalized spacial score (nSPS) is 13.2. The summed E-state index contributed by atoms with van der Waals surface area (Å²) in [7, 11) is 0. The van der Waals surface area contributed by atoms with Crippen molar-refractivity contribution in [3.05, 3.63) is 0 Å². The van der Waals surface area contributed by atoms with Crippen LogP contribution in [0.15, 0.2) is 0 Å². The van der Waals surface area contributed by atoms with Crippen LogP contribution in [0.4, 0.5) is 0 Å². The van der Waals surface area contributed by atoms with Crippen molar-refractivity contribution in [2.45, 2.75) is 67.2 Å². The van der Waals surface area contributed by atoms with E-state index in [4.69, 9.17) is 0 Å². The Balaban J connectivity index is 3.20. The molecule has 0 saturated heterocycles. The fourth-order valence-electron chi connectivity index (χ4n) is 1.41. The van der Waals surface area contributed by atoms with Crippen LogP contribution in [0.1, 0.15) is 67.2 Å². The van der Waals surface area contributed by atoms with Crippen LogP contribution in [0.3, 0.4) is 0 Å². The van der Waals surface area contributed by atoms with Crippen LogP contribution < -0.4 is 0 Å². The van der Waals surface area contributed by atoms with Crippen LogP contribution in [0, 0.1) is 10.8 Å². The van der Waals surface area contributed by atoms with Gasteiger partial charge in [0.25, 0.3) is 0 Å². The molecule has 0 atom stereocenters. The second-order valence-corrected chi connectivity index (χ2v) is 8.09. The lowest BCUT2D eigenvalue weighted by atomic mass is 9.90. The minimum Gasteiger partial charge on any atom is -0.161 e. The molecule has 0 nitrogen and oxygen atoms in total. The maximum atomic E-state index is 2.33. The van der Waals surface area contributed by atoms with Gasteiger partial charge in [0.2, 0.25) is 0 Å². The highest BCUT2D eigenvalue weighted by Crippen LogP contribution is 2.24. The van der Waals surface area contributed by atoms with E-state index in [0.29, 0.717) is 10.8 Å². The second kappa shape index (κ2) is 6.83. The summed E-state index contributed by atoms with van der Waals surface area (Å²) in [5.74, 6) is 2.65. The number of hydrogen-bond donors (Lipinski definition) is 0. The Morgan fingerprint density at radius 2 is 1.33 bits per heavy atom. The van der Waals surface area contributed by atoms with Crippen molar-refractivity contribution in [1.82, 2.24) is 0 Å². The van der Waals surface area contributed by atoms with E-state index < -0.39 is 0 Å². The van der Waals surface area contributed by atoms with Gasteiger partial charge in [0.1, 0.15) is 0 Å². The van der Waals surface area contributed by atoms with Crippen molar-refractivity contribution >= 4 is 11.8 Å². The van der Waals surface area contributed by atoms with Crippen molar-refractivity contribution in [3.8, 4) is 0 Å². The zero-order chi connectivity index (χ0) is 11.9. The monoisotopic (exact) mass is 230 g/mol. The molecule has 0 fully saturated rings. The molecule has 0 saturated carbocycles. The predicted octanol–water partition coefficient (Wildman–Crippen LogP) is 5.37. The largest absolute Gasteiger partial charge is 0.161 e. The van der Waals surface area contributed by atoms with Gasteiger partial charge < -0.3 is 0 Å². The molecule has 0 N–H and O–H groups in total. The average molecular weight is 230 g/mol. The number of hydrogen-bond acceptors (Lipinski definition) is 1. The first-order chi connectivity index (χ1) is 6.71. The Morgan fingerprint density at radius 1 is 0.733 bits per heavy atom. The lowest BCUT2D eigenvalue weighted by Gasteiger charge is -2.18. The molecule has 15 heavy (non-hydrogen) atoms. The summed E-state index contributed by atoms with van der Waals surface area (Å²) in [5, 5.41) is 0. The lowest BCUT2D eigenvalue weighted by Crippen LogP contribution is -2.08. The summed E-state index contributed by atoms with van der Waals surface area (Å²) >= 11 is 2.12. The van der Waals surface area contributed by atoms with Gasteiger partial charge in [-0.2, -0.15) is 11.8 Å². The van der Waals surface area contributed by atoms with Gasteiger partial charge in [-0.15, -0.1) is 0 Å². The maximum absolute atomic E-state index is 2.33. The molecule has 1 heteroatoms. The van der Waals surface area contributed by atoms with E-state index >= 15 is 0 Å². The van der Waals surface area contributed by atoms with Gasteiger partial charge >= 0.3 is 0 Å². The van der Waals surface area contributed by atoms with Gasteiger partial charge in [0.15, 0.2) is 0 Å². The molecule has 92 valence electrons. The van der Waals surface area contributed by atoms with Gasteiger partial charge in [-0.3, -0.25) is 0 Å². The summed E-state index contributed by atoms with van der Waals surface area (Å²) in [6, 6.07) is 0. The highest BCUT2D eigenvalue weighted by molar-refractivity contribution is 7.99. The molecule has 0 aromatic heterocycles. The van der Waals surface area contributed by atoms with Gasteiger partial charge in [-0.25, -0.2) is 0 Å². The average Bonchev–Trinajstić information content (AvgIpc) is 1.98. The Morgan fingerprint density at radius 3 is 1.80 bits per heavy atom. The second-order valence-electron chi connectivity index (χ2n) is 6.98. The molecule has 0 rings (SSSR count). The molecule has 0 unspecified atom stereocenters. The highest BCUT2D eigenvalue weighted by atomic mass is 32.2. The SMILES string of the molecule is CC(C)(C)CCCCCSCC(C)(C)C. The Kier molecular flexibility index (Phi) is 6.99. The third-order valence-electron chi connectivity index (χ3n) is 2.25. The van der Waals surface area contributed by atoms with Gasteiger partial charge in [-0.1, -0.05) is 54.4 Å². The van der Waals surface area contributed by atoms with E-state index in [9.17, 15) is 0 Å². The summed E-state index contributed by atoms with van der Waals surface area (Å²) < 4.78 is 0. The molecule has 0 aliphatic carbocycles. The van der Waals surface area contributed by atoms with Crippen LogP contribution >= 0.6 is 11.8 Å². The molecule has 0 radical (unpaired) electrons. The van der Waals surface area contributed by atoms with Crippen molar-refractivity contribution in [1.29, 1.82) is 0 Å². The van der Waals surface area contributed by atoms with E-state index in [1.807, 2.05) is 0 Å². The van der Waals surface area contributed by atoms with Crippen LogP contribution in [-0.4, -0.2) is 11.5 Å². The first kappa shape index (κ1) is 15.3. The van der Waals surface area contributed by atoms with E-state index in [-0.39, 0.29) is 0 Å². The Labute approximate surface area is 102 Å². The number of thioether (sulfide) groups is 1. The zero-order valence-corrected chi connectivity index (χ0v) is 12.5. The molecular weight excluding hydrogens is 200 g/mol. The first-order valence-electron chi connectivity index (χ1n) is 6.28. The third-order valence-corrected chi connectivity index (χ3v) is 3.90. The lowest BCUT2D eigenvalue weighted by molar-refractivity contribution is 0.360. The molecule has 0 aliphatic heterocycles. The number of rotatable bonds is 6. The van der Waals surface area contributed by atoms with E-state index in [1.54, 1.807) is 0 Å². The highest BCUT2D eigenvalue weighted by Gasteiger charge is 2.10. The van der Waals surface area contributed by atoms with Crippen LogP contribution in [0.5, 0.6) is 0 Å². The Hall–Kier alpha value is 0.350. The van der Waals surface area contributed by atoms with Crippen molar-refractivity contribution < 1.29 is 0 Å². The minimum atomic E-state index is 0.496. The molecule has 0 bridgehead atoms. The molecule has 0 spiro atoms. The van der Waals surface area contributed by atoms with Gasteiger partial charge in [0, 0.05) is 0 Å². The van der Waals surface area contributed by atoms with E-state index in [1.165, 1.54) is 37.2 Å². The van der Waals surface area contributed by atoms with Gasteiger partial charge in [-0.05, 0) is 35.2 Å². The Bertz CT molecular complexity index is 130. The smallest absolute Gasteiger partial charge is 0.00187 e. The van der Waals surface area contributed by atoms with Crippen molar-refractivity contribution in [3.63, 3.8) is 0 Å². The standard InChI is InChI=1S/C14H30S/c1-13(2,3)10-8-7-9-11-15-12-14(4,5)6/h7-12H2,1-6H3. The fraction of sp³-hybridized carbons (Fsp3) is 1.00. The molecule has 0 aromatic rings. The summed E-state index contributed by atoms with van der Waals surface area (Å²) in [6.07, 6.45) is 5.59. The molecule has 0 aliphatic rings. The first-order valence-corrected chi connectivity index (χ1v) is 7.44. The molecule has 0 aromatic carbocycles. The van der Waals surface area contributed by atoms with Crippen LogP contribution in [0.2, 0.25) is 0 Å². The predicted molar refractivity (Wildman–Crippen MR) is 74.7 cm³/mol. The number of unbranched alkanes of at least 4 members (excludes halogenated alkanes) is 2. The van der Waals surface area contributed by atoms with Crippen LogP contribution in [0.25, 0.3) is 0 Å². The van der Waals surface area contributed by atoms with Crippen LogP contribution in [-0.2, 0) is 0 Å². The molecule has 0 amide bonds. The third kappa shape index (κ3) is 14.4. The summed E-state index contributed by atoms with van der Waals surface area (Å²) in [5.41, 5.74) is 1.02. The summed E-state index contributed by atoms with van der Waals surface area (Å²) in [6.45, 7) is 14.0. The van der Waals surface area contributed by atoms with E-state index in [2.05, 4.69) is 53.3 Å². The zero-order valence-electron chi connectivity index (χ0n) is 11.7. The van der Waals surface area contributed by atoms with Crippen molar-refractivity contribution in [2.75, 3.05) is 11.5 Å². The van der Waals surface area contributed by atoms with E-state index in [0.717, 1.165) is 0 Å². The topological polar surface area (TPSA) is 0 Å². The van der Waals surface area contributed by atoms with Crippen molar-refractivity contribution in [2.24, 2.45) is 10.8 Å². The minimum absolute atomic E-state index is 0.496. The van der Waals surface area contributed by atoms with Gasteiger partial charge in [0.05, 0.1) is 0 Å². The maximum Gasteiger partial charge on any atom is -0.00187 e.